The van der Waals surface area contributed by atoms with Gasteiger partial charge >= 0.3 is 0 Å². The van der Waals surface area contributed by atoms with Crippen LogP contribution in [0.25, 0.3) is 54.9 Å². The Hall–Kier alpha value is -5.92. The number of hydrogen-bond acceptors (Lipinski definition) is 1. The molecule has 0 radical (unpaired) electrons. The Morgan fingerprint density at radius 3 is 1.91 bits per heavy atom. The van der Waals surface area contributed by atoms with Crippen molar-refractivity contribution in [3.05, 3.63) is 192 Å². The Bertz CT molecular complexity index is 2510. The zero-order valence-electron chi connectivity index (χ0n) is 25.1. The van der Waals surface area contributed by atoms with Crippen molar-refractivity contribution in [3.63, 3.8) is 0 Å². The molecule has 0 spiro atoms. The third-order valence-corrected chi connectivity index (χ3v) is 10.1. The van der Waals surface area contributed by atoms with Gasteiger partial charge in [-0.1, -0.05) is 146 Å². The minimum atomic E-state index is -0.528. The van der Waals surface area contributed by atoms with Crippen LogP contribution >= 0.6 is 0 Å². The van der Waals surface area contributed by atoms with Gasteiger partial charge < -0.3 is 4.74 Å². The van der Waals surface area contributed by atoms with E-state index in [0.717, 1.165) is 17.1 Å². The van der Waals surface area contributed by atoms with Crippen molar-refractivity contribution in [1.29, 1.82) is 0 Å². The zero-order chi connectivity index (χ0) is 30.2. The lowest BCUT2D eigenvalue weighted by molar-refractivity contribution is 0.487. The molecule has 0 amide bonds. The Balaban J connectivity index is 1.36. The maximum Gasteiger partial charge on any atom is 0.135 e. The standard InChI is InChI=1S/C45H28O/c1-2-15-32(16-3-1)45(40-22-10-7-19-35(40)37-26-25-29-13-4-5-18-34(29)44(37)45)39-21-9-6-17-33(39)31-27-30-14-12-24-42-43(30)38(28-31)36-20-8-11-23-41(36)46-42/h1-28H. The third kappa shape index (κ3) is 3.35. The van der Waals surface area contributed by atoms with Crippen molar-refractivity contribution in [3.8, 4) is 44.9 Å². The first kappa shape index (κ1) is 25.4. The minimum Gasteiger partial charge on any atom is -0.456 e. The fraction of sp³-hybridized carbons (Fsp3) is 0.0222. The van der Waals surface area contributed by atoms with Crippen LogP contribution in [0, 0.1) is 0 Å². The third-order valence-electron chi connectivity index (χ3n) is 10.1. The molecule has 1 heterocycles. The van der Waals surface area contributed by atoms with Crippen molar-refractivity contribution in [1.82, 2.24) is 0 Å². The first-order valence-electron chi connectivity index (χ1n) is 15.9. The summed E-state index contributed by atoms with van der Waals surface area (Å²) in [6.45, 7) is 0. The van der Waals surface area contributed by atoms with Gasteiger partial charge in [0.15, 0.2) is 0 Å². The van der Waals surface area contributed by atoms with Crippen LogP contribution in [-0.2, 0) is 5.41 Å². The highest BCUT2D eigenvalue weighted by atomic mass is 16.5. The zero-order valence-corrected chi connectivity index (χ0v) is 25.1. The average Bonchev–Trinajstić information content (AvgIpc) is 3.43. The van der Waals surface area contributed by atoms with Gasteiger partial charge in [-0.2, -0.15) is 0 Å². The fourth-order valence-electron chi connectivity index (χ4n) is 8.31. The van der Waals surface area contributed by atoms with Gasteiger partial charge in [0.2, 0.25) is 0 Å². The summed E-state index contributed by atoms with van der Waals surface area (Å²) in [5, 5.41) is 4.90. The summed E-state index contributed by atoms with van der Waals surface area (Å²) in [6.07, 6.45) is 0. The Kier molecular flexibility index (Phi) is 5.27. The molecule has 10 rings (SSSR count). The minimum absolute atomic E-state index is 0.528. The molecule has 0 N–H and O–H groups in total. The monoisotopic (exact) mass is 584 g/mol. The van der Waals surface area contributed by atoms with Gasteiger partial charge in [0, 0.05) is 10.9 Å². The van der Waals surface area contributed by atoms with Crippen LogP contribution in [0.2, 0.25) is 0 Å². The van der Waals surface area contributed by atoms with E-state index in [1.807, 2.05) is 6.07 Å². The molecule has 0 fully saturated rings. The van der Waals surface area contributed by atoms with Gasteiger partial charge in [-0.15, -0.1) is 0 Å². The predicted octanol–water partition coefficient (Wildman–Crippen LogP) is 11.8. The molecule has 214 valence electrons. The van der Waals surface area contributed by atoms with Gasteiger partial charge in [0.25, 0.3) is 0 Å². The SMILES string of the molecule is c1ccc(C2(c3ccccc3-c3cc4c5c(cccc5c3)Oc3ccccc3-4)c3ccccc3-c3ccc4ccccc4c32)cc1. The molecule has 8 aromatic rings. The quantitative estimate of drug-likeness (QED) is 0.201. The smallest absolute Gasteiger partial charge is 0.135 e. The Labute approximate surface area is 268 Å². The fourth-order valence-corrected chi connectivity index (χ4v) is 8.31. The van der Waals surface area contributed by atoms with E-state index in [1.54, 1.807) is 0 Å². The second-order valence-corrected chi connectivity index (χ2v) is 12.4. The molecule has 1 heteroatoms. The van der Waals surface area contributed by atoms with Crippen LogP contribution in [0.5, 0.6) is 11.5 Å². The topological polar surface area (TPSA) is 9.23 Å². The van der Waals surface area contributed by atoms with E-state index >= 15 is 0 Å². The van der Waals surface area contributed by atoms with Gasteiger partial charge in [-0.25, -0.2) is 0 Å². The number of hydrogen-bond donors (Lipinski definition) is 0. The molecule has 1 nitrogen and oxygen atoms in total. The Morgan fingerprint density at radius 1 is 0.391 bits per heavy atom. The van der Waals surface area contributed by atoms with Crippen LogP contribution in [0.15, 0.2) is 170 Å². The lowest BCUT2D eigenvalue weighted by Gasteiger charge is -2.36. The van der Waals surface area contributed by atoms with Gasteiger partial charge in [-0.05, 0) is 90.5 Å². The number of rotatable bonds is 3. The molecule has 8 aromatic carbocycles. The summed E-state index contributed by atoms with van der Waals surface area (Å²) in [5.41, 5.74) is 12.1. The van der Waals surface area contributed by atoms with E-state index in [2.05, 4.69) is 164 Å². The van der Waals surface area contributed by atoms with Crippen molar-refractivity contribution in [2.45, 2.75) is 5.41 Å². The van der Waals surface area contributed by atoms with Gasteiger partial charge in [0.05, 0.1) is 5.41 Å². The maximum absolute atomic E-state index is 6.39. The first-order valence-corrected chi connectivity index (χ1v) is 15.9. The van der Waals surface area contributed by atoms with E-state index in [9.17, 15) is 0 Å². The van der Waals surface area contributed by atoms with E-state index in [4.69, 9.17) is 4.74 Å². The van der Waals surface area contributed by atoms with Crippen LogP contribution in [0.1, 0.15) is 22.3 Å². The van der Waals surface area contributed by atoms with Crippen molar-refractivity contribution in [2.75, 3.05) is 0 Å². The van der Waals surface area contributed by atoms with Crippen LogP contribution < -0.4 is 4.74 Å². The van der Waals surface area contributed by atoms with Crippen LogP contribution in [0.4, 0.5) is 0 Å². The molecule has 0 saturated carbocycles. The van der Waals surface area contributed by atoms with Crippen molar-refractivity contribution >= 4 is 21.5 Å². The second-order valence-electron chi connectivity index (χ2n) is 12.4. The molecular weight excluding hydrogens is 556 g/mol. The molecule has 46 heavy (non-hydrogen) atoms. The largest absolute Gasteiger partial charge is 0.456 e. The lowest BCUT2D eigenvalue weighted by Crippen LogP contribution is -2.29. The highest BCUT2D eigenvalue weighted by molar-refractivity contribution is 6.07. The summed E-state index contributed by atoms with van der Waals surface area (Å²) >= 11 is 0. The molecule has 0 saturated heterocycles. The maximum atomic E-state index is 6.39. The highest BCUT2D eigenvalue weighted by Crippen LogP contribution is 2.60. The Morgan fingerprint density at radius 2 is 1.04 bits per heavy atom. The first-order chi connectivity index (χ1) is 22.8. The van der Waals surface area contributed by atoms with Crippen molar-refractivity contribution in [2.24, 2.45) is 0 Å². The van der Waals surface area contributed by atoms with E-state index in [1.165, 1.54) is 71.6 Å². The predicted molar refractivity (Wildman–Crippen MR) is 190 cm³/mol. The molecule has 1 unspecified atom stereocenters. The van der Waals surface area contributed by atoms with Gasteiger partial charge in [0.1, 0.15) is 11.5 Å². The molecule has 0 bridgehead atoms. The average molecular weight is 585 g/mol. The molecule has 0 aromatic heterocycles. The van der Waals surface area contributed by atoms with E-state index in [0.29, 0.717) is 0 Å². The van der Waals surface area contributed by atoms with Crippen LogP contribution in [0.3, 0.4) is 0 Å². The molecule has 1 aliphatic carbocycles. The van der Waals surface area contributed by atoms with Gasteiger partial charge in [-0.3, -0.25) is 0 Å². The molecule has 1 aliphatic heterocycles. The molecule has 1 atom stereocenters. The number of para-hydroxylation sites is 1. The molecular formula is C45H28O. The number of ether oxygens (including phenoxy) is 1. The van der Waals surface area contributed by atoms with E-state index in [-0.39, 0.29) is 0 Å². The lowest BCUT2D eigenvalue weighted by atomic mass is 9.65. The summed E-state index contributed by atoms with van der Waals surface area (Å²) in [4.78, 5) is 0. The summed E-state index contributed by atoms with van der Waals surface area (Å²) < 4.78 is 6.39. The normalized spacial score (nSPS) is 15.7. The molecule has 2 aliphatic rings. The summed E-state index contributed by atoms with van der Waals surface area (Å²) in [5.74, 6) is 1.82. The number of fused-ring (bicyclic) bond motifs is 7. The highest BCUT2D eigenvalue weighted by Gasteiger charge is 2.48. The second kappa shape index (κ2) is 9.54. The van der Waals surface area contributed by atoms with Crippen LogP contribution in [-0.4, -0.2) is 0 Å². The van der Waals surface area contributed by atoms with Crippen molar-refractivity contribution < 1.29 is 4.74 Å². The summed E-state index contributed by atoms with van der Waals surface area (Å²) in [7, 11) is 0. The number of benzene rings is 8. The van der Waals surface area contributed by atoms with E-state index < -0.39 is 5.41 Å². The summed E-state index contributed by atoms with van der Waals surface area (Å²) in [6, 6.07) is 62.2.